The summed E-state index contributed by atoms with van der Waals surface area (Å²) in [6.45, 7) is 1.88. The number of halogens is 1. The molecular weight excluding hydrogens is 452 g/mol. The maximum atomic E-state index is 13.5. The smallest absolute Gasteiger partial charge is 0.306 e. The van der Waals surface area contributed by atoms with Crippen molar-refractivity contribution in [2.24, 2.45) is 11.8 Å². The van der Waals surface area contributed by atoms with E-state index in [1.54, 1.807) is 36.4 Å². The second-order valence-corrected chi connectivity index (χ2v) is 10.6. The number of carbonyl (C=O) groups is 2. The third-order valence-electron chi connectivity index (χ3n) is 5.74. The Bertz CT molecular complexity index is 1050. The molecule has 3 rings (SSSR count). The van der Waals surface area contributed by atoms with Crippen molar-refractivity contribution >= 4 is 39.2 Å². The van der Waals surface area contributed by atoms with Crippen molar-refractivity contribution in [3.8, 4) is 0 Å². The van der Waals surface area contributed by atoms with Gasteiger partial charge in [0.15, 0.2) is 0 Å². The predicted octanol–water partition coefficient (Wildman–Crippen LogP) is 4.38. The summed E-state index contributed by atoms with van der Waals surface area (Å²) < 4.78 is 28.5. The summed E-state index contributed by atoms with van der Waals surface area (Å²) in [5, 5.41) is 12.4. The van der Waals surface area contributed by atoms with E-state index in [0.29, 0.717) is 42.9 Å². The average molecular weight is 479 g/mol. The first kappa shape index (κ1) is 24.2. The highest BCUT2D eigenvalue weighted by atomic mass is 35.5. The molecule has 1 aliphatic rings. The van der Waals surface area contributed by atoms with Crippen LogP contribution in [0.25, 0.3) is 0 Å². The Labute approximate surface area is 193 Å². The van der Waals surface area contributed by atoms with Gasteiger partial charge < -0.3 is 10.4 Å². The van der Waals surface area contributed by atoms with E-state index in [2.05, 4.69) is 5.32 Å². The molecule has 0 unspecified atom stereocenters. The molecule has 0 heterocycles. The topological polar surface area (TPSA) is 104 Å². The molecule has 1 fully saturated rings. The van der Waals surface area contributed by atoms with Gasteiger partial charge in [-0.05, 0) is 73.6 Å². The number of nitrogens with zero attached hydrogens (tertiary/aromatic N) is 1. The first-order valence-electron chi connectivity index (χ1n) is 10.5. The highest BCUT2D eigenvalue weighted by molar-refractivity contribution is 7.89. The fraction of sp³-hybridized carbons (Fsp3) is 0.391. The summed E-state index contributed by atoms with van der Waals surface area (Å²) in [5.41, 5.74) is 1.33. The maximum Gasteiger partial charge on any atom is 0.306 e. The Morgan fingerprint density at radius 3 is 2.16 bits per heavy atom. The standard InChI is InChI=1S/C23H27ClN2O5S/c1-16(27)25-21-10-12-22(13-11-21)32(30,31)26(15-18-4-8-20(24)9-5-18)14-17-2-6-19(7-3-17)23(28)29/h4-5,8-13,17,19H,2-3,6-7,14-15H2,1H3,(H,25,27)(H,28,29). The number of carboxylic acids is 1. The Morgan fingerprint density at radius 2 is 1.62 bits per heavy atom. The lowest BCUT2D eigenvalue weighted by molar-refractivity contribution is -0.143. The summed E-state index contributed by atoms with van der Waals surface area (Å²) in [6.07, 6.45) is 2.45. The summed E-state index contributed by atoms with van der Waals surface area (Å²) >= 11 is 5.97. The third kappa shape index (κ3) is 6.31. The van der Waals surface area contributed by atoms with E-state index in [9.17, 15) is 23.1 Å². The van der Waals surface area contributed by atoms with Crippen LogP contribution in [-0.2, 0) is 26.2 Å². The molecule has 1 aliphatic carbocycles. The normalized spacial score (nSPS) is 19.0. The molecule has 0 radical (unpaired) electrons. The van der Waals surface area contributed by atoms with Crippen LogP contribution >= 0.6 is 11.6 Å². The molecule has 0 bridgehead atoms. The minimum atomic E-state index is -3.81. The molecular formula is C23H27ClN2O5S. The number of hydrogen-bond acceptors (Lipinski definition) is 4. The van der Waals surface area contributed by atoms with Crippen LogP contribution in [0.3, 0.4) is 0 Å². The number of hydrogen-bond donors (Lipinski definition) is 2. The van der Waals surface area contributed by atoms with E-state index >= 15 is 0 Å². The van der Waals surface area contributed by atoms with Gasteiger partial charge in [0.05, 0.1) is 10.8 Å². The highest BCUT2D eigenvalue weighted by Crippen LogP contribution is 2.31. The second kappa shape index (κ2) is 10.5. The Morgan fingerprint density at radius 1 is 1.03 bits per heavy atom. The summed E-state index contributed by atoms with van der Waals surface area (Å²) in [5.74, 6) is -1.28. The molecule has 0 aliphatic heterocycles. The molecule has 2 aromatic carbocycles. The van der Waals surface area contributed by atoms with Crippen molar-refractivity contribution in [3.63, 3.8) is 0 Å². The molecule has 2 aromatic rings. The van der Waals surface area contributed by atoms with E-state index in [4.69, 9.17) is 11.6 Å². The van der Waals surface area contributed by atoms with Gasteiger partial charge in [0.25, 0.3) is 0 Å². The predicted molar refractivity (Wildman–Crippen MR) is 123 cm³/mol. The second-order valence-electron chi connectivity index (χ2n) is 8.19. The van der Waals surface area contributed by atoms with Crippen LogP contribution in [0.4, 0.5) is 5.69 Å². The molecule has 0 aromatic heterocycles. The minimum absolute atomic E-state index is 0.0892. The van der Waals surface area contributed by atoms with Crippen molar-refractivity contribution in [2.45, 2.75) is 44.0 Å². The monoisotopic (exact) mass is 478 g/mol. The van der Waals surface area contributed by atoms with E-state index in [1.807, 2.05) is 0 Å². The molecule has 1 saturated carbocycles. The first-order chi connectivity index (χ1) is 15.1. The zero-order valence-electron chi connectivity index (χ0n) is 17.8. The maximum absolute atomic E-state index is 13.5. The highest BCUT2D eigenvalue weighted by Gasteiger charge is 2.31. The van der Waals surface area contributed by atoms with Crippen LogP contribution in [0.1, 0.15) is 38.2 Å². The van der Waals surface area contributed by atoms with Crippen LogP contribution in [0.15, 0.2) is 53.4 Å². The fourth-order valence-electron chi connectivity index (χ4n) is 3.98. The van der Waals surface area contributed by atoms with Crippen LogP contribution in [0.5, 0.6) is 0 Å². The molecule has 172 valence electrons. The largest absolute Gasteiger partial charge is 0.481 e. The van der Waals surface area contributed by atoms with Crippen molar-refractivity contribution in [1.29, 1.82) is 0 Å². The molecule has 0 atom stereocenters. The van der Waals surface area contributed by atoms with Crippen LogP contribution in [-0.4, -0.2) is 36.3 Å². The lowest BCUT2D eigenvalue weighted by Crippen LogP contribution is -2.36. The molecule has 0 saturated heterocycles. The van der Waals surface area contributed by atoms with Crippen molar-refractivity contribution in [1.82, 2.24) is 4.31 Å². The minimum Gasteiger partial charge on any atom is -0.481 e. The Hall–Kier alpha value is -2.42. The number of amides is 1. The molecule has 7 nitrogen and oxygen atoms in total. The molecule has 2 N–H and O–H groups in total. The summed E-state index contributed by atoms with van der Waals surface area (Å²) in [6, 6.07) is 13.1. The number of sulfonamides is 1. The number of carboxylic acid groups (broad SMARTS) is 1. The van der Waals surface area contributed by atoms with Crippen LogP contribution in [0.2, 0.25) is 5.02 Å². The zero-order chi connectivity index (χ0) is 23.3. The van der Waals surface area contributed by atoms with E-state index in [-0.39, 0.29) is 29.2 Å². The number of aliphatic carboxylic acids is 1. The quantitative estimate of drug-likeness (QED) is 0.586. The van der Waals surface area contributed by atoms with Crippen molar-refractivity contribution in [3.05, 3.63) is 59.1 Å². The first-order valence-corrected chi connectivity index (χ1v) is 12.3. The average Bonchev–Trinajstić information content (AvgIpc) is 2.75. The SMILES string of the molecule is CC(=O)Nc1ccc(S(=O)(=O)N(Cc2ccc(Cl)cc2)CC2CCC(C(=O)O)CC2)cc1. The van der Waals surface area contributed by atoms with Crippen LogP contribution < -0.4 is 5.32 Å². The number of benzene rings is 2. The van der Waals surface area contributed by atoms with E-state index < -0.39 is 16.0 Å². The lowest BCUT2D eigenvalue weighted by Gasteiger charge is -2.31. The van der Waals surface area contributed by atoms with Gasteiger partial charge >= 0.3 is 5.97 Å². The van der Waals surface area contributed by atoms with Gasteiger partial charge in [-0.2, -0.15) is 4.31 Å². The van der Waals surface area contributed by atoms with Gasteiger partial charge in [0.2, 0.25) is 15.9 Å². The molecule has 9 heteroatoms. The molecule has 1 amide bonds. The number of nitrogens with one attached hydrogen (secondary N) is 1. The molecule has 0 spiro atoms. The van der Waals surface area contributed by atoms with Crippen molar-refractivity contribution in [2.75, 3.05) is 11.9 Å². The van der Waals surface area contributed by atoms with Gasteiger partial charge in [-0.15, -0.1) is 0 Å². The number of carbonyl (C=O) groups excluding carboxylic acids is 1. The van der Waals surface area contributed by atoms with E-state index in [0.717, 1.165) is 5.56 Å². The molecule has 32 heavy (non-hydrogen) atoms. The van der Waals surface area contributed by atoms with Gasteiger partial charge in [-0.3, -0.25) is 9.59 Å². The Balaban J connectivity index is 1.82. The number of anilines is 1. The summed E-state index contributed by atoms with van der Waals surface area (Å²) in [4.78, 5) is 22.6. The van der Waals surface area contributed by atoms with Gasteiger partial charge in [0.1, 0.15) is 0 Å². The third-order valence-corrected chi connectivity index (χ3v) is 7.82. The van der Waals surface area contributed by atoms with E-state index in [1.165, 1.54) is 23.4 Å². The zero-order valence-corrected chi connectivity index (χ0v) is 19.4. The fourth-order valence-corrected chi connectivity index (χ4v) is 5.61. The van der Waals surface area contributed by atoms with Crippen molar-refractivity contribution < 1.29 is 23.1 Å². The van der Waals surface area contributed by atoms with Crippen LogP contribution in [0, 0.1) is 11.8 Å². The lowest BCUT2D eigenvalue weighted by atomic mass is 9.82. The van der Waals surface area contributed by atoms with Gasteiger partial charge in [0, 0.05) is 30.7 Å². The number of rotatable bonds is 8. The van der Waals surface area contributed by atoms with Gasteiger partial charge in [-0.1, -0.05) is 23.7 Å². The Kier molecular flexibility index (Phi) is 7.92. The summed E-state index contributed by atoms with van der Waals surface area (Å²) in [7, 11) is -3.81. The van der Waals surface area contributed by atoms with Gasteiger partial charge in [-0.25, -0.2) is 8.42 Å².